The first-order chi connectivity index (χ1) is 6.86. The van der Waals surface area contributed by atoms with Gasteiger partial charge in [-0.15, -0.1) is 12.4 Å². The molecule has 1 aliphatic rings. The van der Waals surface area contributed by atoms with Crippen molar-refractivity contribution in [3.63, 3.8) is 0 Å². The second-order valence-electron chi connectivity index (χ2n) is 3.25. The third kappa shape index (κ3) is 3.14. The number of amides is 1. The lowest BCUT2D eigenvalue weighted by atomic mass is 10.2. The smallest absolute Gasteiger partial charge is 0.271 e. The molecule has 0 saturated carbocycles. The Morgan fingerprint density at radius 1 is 1.53 bits per heavy atom. The highest BCUT2D eigenvalue weighted by Crippen LogP contribution is 1.99. The van der Waals surface area contributed by atoms with Crippen molar-refractivity contribution < 1.29 is 4.79 Å². The lowest BCUT2D eigenvalue weighted by molar-refractivity contribution is 0.0934. The van der Waals surface area contributed by atoms with Crippen LogP contribution in [-0.4, -0.2) is 35.0 Å². The molecular weight excluding hydrogens is 216 g/mol. The number of carbonyl (C=O) groups is 1. The Balaban J connectivity index is 0.00000112. The second-order valence-corrected chi connectivity index (χ2v) is 3.25. The Morgan fingerprint density at radius 3 is 3.00 bits per heavy atom. The minimum absolute atomic E-state index is 0. The van der Waals surface area contributed by atoms with E-state index in [1.165, 1.54) is 12.4 Å². The highest BCUT2D eigenvalue weighted by Gasteiger charge is 2.17. The van der Waals surface area contributed by atoms with Crippen molar-refractivity contribution >= 4 is 18.3 Å². The average molecular weight is 229 g/mol. The van der Waals surface area contributed by atoms with E-state index in [0.29, 0.717) is 5.69 Å². The van der Waals surface area contributed by atoms with Gasteiger partial charge in [0.1, 0.15) is 5.69 Å². The van der Waals surface area contributed by atoms with Crippen LogP contribution < -0.4 is 10.6 Å². The van der Waals surface area contributed by atoms with Crippen molar-refractivity contribution in [3.05, 3.63) is 24.3 Å². The maximum absolute atomic E-state index is 11.6. The quantitative estimate of drug-likeness (QED) is 0.747. The summed E-state index contributed by atoms with van der Waals surface area (Å²) in [5.74, 6) is -0.146. The van der Waals surface area contributed by atoms with Crippen LogP contribution in [0.2, 0.25) is 0 Å². The summed E-state index contributed by atoms with van der Waals surface area (Å²) in [4.78, 5) is 19.3. The molecule has 0 unspecified atom stereocenters. The van der Waals surface area contributed by atoms with Gasteiger partial charge in [0, 0.05) is 25.0 Å². The van der Waals surface area contributed by atoms with Crippen LogP contribution in [0.4, 0.5) is 0 Å². The van der Waals surface area contributed by atoms with E-state index >= 15 is 0 Å². The van der Waals surface area contributed by atoms with Crippen LogP contribution in [0.25, 0.3) is 0 Å². The molecule has 2 rings (SSSR count). The minimum Gasteiger partial charge on any atom is -0.347 e. The molecule has 2 N–H and O–H groups in total. The van der Waals surface area contributed by atoms with E-state index in [-0.39, 0.29) is 24.4 Å². The molecule has 1 aromatic rings. The first-order valence-corrected chi connectivity index (χ1v) is 4.64. The number of nitrogens with one attached hydrogen (secondary N) is 2. The maximum atomic E-state index is 11.6. The summed E-state index contributed by atoms with van der Waals surface area (Å²) in [6.45, 7) is 1.80. The predicted molar refractivity (Wildman–Crippen MR) is 58.0 cm³/mol. The molecule has 1 aromatic heterocycles. The highest BCUT2D eigenvalue weighted by atomic mass is 35.5. The molecule has 0 aromatic carbocycles. The molecule has 0 bridgehead atoms. The molecule has 0 spiro atoms. The highest BCUT2D eigenvalue weighted by molar-refractivity contribution is 5.92. The van der Waals surface area contributed by atoms with Crippen LogP contribution >= 0.6 is 12.4 Å². The average Bonchev–Trinajstić information content (AvgIpc) is 2.72. The fraction of sp³-hybridized carbons (Fsp3) is 0.444. The van der Waals surface area contributed by atoms with Crippen molar-refractivity contribution in [1.82, 2.24) is 20.6 Å². The van der Waals surface area contributed by atoms with Crippen molar-refractivity contribution in [2.75, 3.05) is 13.1 Å². The Kier molecular flexibility index (Phi) is 4.45. The maximum Gasteiger partial charge on any atom is 0.271 e. The monoisotopic (exact) mass is 228 g/mol. The van der Waals surface area contributed by atoms with Crippen molar-refractivity contribution in [3.8, 4) is 0 Å². The largest absolute Gasteiger partial charge is 0.347 e. The first-order valence-electron chi connectivity index (χ1n) is 4.64. The van der Waals surface area contributed by atoms with Gasteiger partial charge in [0.25, 0.3) is 5.91 Å². The molecule has 1 saturated heterocycles. The Morgan fingerprint density at radius 2 is 2.40 bits per heavy atom. The molecule has 15 heavy (non-hydrogen) atoms. The summed E-state index contributed by atoms with van der Waals surface area (Å²) in [5, 5.41) is 6.07. The molecule has 0 aliphatic carbocycles. The molecule has 1 fully saturated rings. The van der Waals surface area contributed by atoms with Gasteiger partial charge in [-0.25, -0.2) is 4.98 Å². The molecular formula is C9H13ClN4O. The summed E-state index contributed by atoms with van der Waals surface area (Å²) in [7, 11) is 0. The standard InChI is InChI=1S/C9H12N4O.ClH/c14-9(8-6-11-3-4-12-8)13-7-1-2-10-5-7;/h3-4,6-7,10H,1-2,5H2,(H,13,14);1H/t7-;/m1./s1. The number of nitrogens with zero attached hydrogens (tertiary/aromatic N) is 2. The Labute approximate surface area is 94.1 Å². The summed E-state index contributed by atoms with van der Waals surface area (Å²) < 4.78 is 0. The van der Waals surface area contributed by atoms with Crippen LogP contribution in [0.15, 0.2) is 18.6 Å². The molecule has 82 valence electrons. The van der Waals surface area contributed by atoms with Crippen molar-refractivity contribution in [2.24, 2.45) is 0 Å². The van der Waals surface area contributed by atoms with E-state index in [0.717, 1.165) is 19.5 Å². The summed E-state index contributed by atoms with van der Waals surface area (Å²) in [6, 6.07) is 0.226. The molecule has 5 nitrogen and oxygen atoms in total. The molecule has 2 heterocycles. The normalized spacial score (nSPS) is 19.3. The van der Waals surface area contributed by atoms with Crippen LogP contribution in [0.5, 0.6) is 0 Å². The lowest BCUT2D eigenvalue weighted by Crippen LogP contribution is -2.36. The van der Waals surface area contributed by atoms with E-state index in [2.05, 4.69) is 20.6 Å². The number of carbonyl (C=O) groups excluding carboxylic acids is 1. The number of rotatable bonds is 2. The van der Waals surface area contributed by atoms with E-state index in [1.807, 2.05) is 0 Å². The summed E-state index contributed by atoms with van der Waals surface area (Å²) in [5.41, 5.74) is 0.374. The Hall–Kier alpha value is -1.20. The van der Waals surface area contributed by atoms with Crippen LogP contribution in [0.3, 0.4) is 0 Å². The van der Waals surface area contributed by atoms with E-state index in [4.69, 9.17) is 0 Å². The molecule has 1 atom stereocenters. The van der Waals surface area contributed by atoms with Gasteiger partial charge < -0.3 is 10.6 Å². The third-order valence-corrected chi connectivity index (χ3v) is 2.19. The summed E-state index contributed by atoms with van der Waals surface area (Å²) >= 11 is 0. The van der Waals surface area contributed by atoms with Gasteiger partial charge in [-0.05, 0) is 13.0 Å². The number of halogens is 1. The minimum atomic E-state index is -0.146. The number of hydrogen-bond acceptors (Lipinski definition) is 4. The van der Waals surface area contributed by atoms with Gasteiger partial charge in [-0.2, -0.15) is 0 Å². The van der Waals surface area contributed by atoms with Crippen molar-refractivity contribution in [2.45, 2.75) is 12.5 Å². The van der Waals surface area contributed by atoms with Gasteiger partial charge in [-0.3, -0.25) is 9.78 Å². The topological polar surface area (TPSA) is 66.9 Å². The van der Waals surface area contributed by atoms with Gasteiger partial charge >= 0.3 is 0 Å². The van der Waals surface area contributed by atoms with Gasteiger partial charge in [-0.1, -0.05) is 0 Å². The van der Waals surface area contributed by atoms with Crippen LogP contribution in [0.1, 0.15) is 16.9 Å². The van der Waals surface area contributed by atoms with Crippen molar-refractivity contribution in [1.29, 1.82) is 0 Å². The molecule has 1 aliphatic heterocycles. The zero-order chi connectivity index (χ0) is 9.80. The predicted octanol–water partition coefficient (Wildman–Crippen LogP) is -0.00990. The molecule has 1 amide bonds. The fourth-order valence-corrected chi connectivity index (χ4v) is 1.45. The third-order valence-electron chi connectivity index (χ3n) is 2.19. The molecule has 6 heteroatoms. The zero-order valence-corrected chi connectivity index (χ0v) is 8.96. The molecule has 0 radical (unpaired) electrons. The zero-order valence-electron chi connectivity index (χ0n) is 8.14. The van der Waals surface area contributed by atoms with Gasteiger partial charge in [0.05, 0.1) is 6.20 Å². The SMILES string of the molecule is Cl.O=C(N[C@@H]1CCNC1)c1cnccn1. The van der Waals surface area contributed by atoms with E-state index in [9.17, 15) is 4.79 Å². The van der Waals surface area contributed by atoms with Crippen LogP contribution in [-0.2, 0) is 0 Å². The number of aromatic nitrogens is 2. The van der Waals surface area contributed by atoms with Crippen LogP contribution in [0, 0.1) is 0 Å². The Bertz CT molecular complexity index is 313. The number of hydrogen-bond donors (Lipinski definition) is 2. The van der Waals surface area contributed by atoms with Gasteiger partial charge in [0.2, 0.25) is 0 Å². The fourth-order valence-electron chi connectivity index (χ4n) is 1.45. The first kappa shape index (κ1) is 11.9. The van der Waals surface area contributed by atoms with E-state index in [1.54, 1.807) is 6.20 Å². The van der Waals surface area contributed by atoms with Gasteiger partial charge in [0.15, 0.2) is 0 Å². The summed E-state index contributed by atoms with van der Waals surface area (Å²) in [6.07, 6.45) is 5.51. The lowest BCUT2D eigenvalue weighted by Gasteiger charge is -2.09. The second kappa shape index (κ2) is 5.63. The van der Waals surface area contributed by atoms with E-state index < -0.39 is 0 Å².